The molecule has 0 saturated heterocycles. The first-order chi connectivity index (χ1) is 14.0. The zero-order valence-corrected chi connectivity index (χ0v) is 15.5. The highest BCUT2D eigenvalue weighted by molar-refractivity contribution is 6.31. The molecule has 9 heteroatoms. The van der Waals surface area contributed by atoms with Gasteiger partial charge >= 0.3 is 0 Å². The van der Waals surface area contributed by atoms with Gasteiger partial charge in [-0.05, 0) is 42.5 Å². The molecule has 7 nitrogen and oxygen atoms in total. The molecule has 0 aliphatic carbocycles. The number of halogens is 2. The van der Waals surface area contributed by atoms with Crippen molar-refractivity contribution in [3.63, 3.8) is 0 Å². The van der Waals surface area contributed by atoms with Gasteiger partial charge in [0.2, 0.25) is 0 Å². The number of H-pyrrole nitrogens is 1. The van der Waals surface area contributed by atoms with Crippen molar-refractivity contribution < 1.29 is 14.0 Å². The van der Waals surface area contributed by atoms with E-state index in [1.807, 2.05) is 0 Å². The highest BCUT2D eigenvalue weighted by Gasteiger charge is 2.14. The first-order valence-electron chi connectivity index (χ1n) is 8.47. The predicted octanol–water partition coefficient (Wildman–Crippen LogP) is 4.26. The third kappa shape index (κ3) is 3.92. The Morgan fingerprint density at radius 1 is 1.03 bits per heavy atom. The minimum absolute atomic E-state index is 0.0193. The number of carbonyl (C=O) groups is 2. The molecule has 0 aliphatic heterocycles. The topological polar surface area (TPSA) is 99.8 Å². The monoisotopic (exact) mass is 409 g/mol. The molecule has 2 aromatic carbocycles. The van der Waals surface area contributed by atoms with Crippen LogP contribution in [0, 0.1) is 5.82 Å². The quantitative estimate of drug-likeness (QED) is 0.469. The summed E-state index contributed by atoms with van der Waals surface area (Å²) in [5.41, 5.74) is 1.34. The number of hydrogen-bond acceptors (Lipinski definition) is 4. The number of nitrogens with one attached hydrogen (secondary N) is 3. The zero-order chi connectivity index (χ0) is 20.4. The molecule has 0 unspecified atom stereocenters. The molecular weight excluding hydrogens is 397 g/mol. The maximum absolute atomic E-state index is 14.4. The van der Waals surface area contributed by atoms with E-state index in [4.69, 9.17) is 11.6 Å². The number of amides is 2. The van der Waals surface area contributed by atoms with Gasteiger partial charge in [0.25, 0.3) is 11.8 Å². The summed E-state index contributed by atoms with van der Waals surface area (Å²) in [5.74, 6) is -1.63. The van der Waals surface area contributed by atoms with Crippen molar-refractivity contribution in [2.45, 2.75) is 0 Å². The van der Waals surface area contributed by atoms with Gasteiger partial charge < -0.3 is 10.6 Å². The van der Waals surface area contributed by atoms with Gasteiger partial charge in [0.1, 0.15) is 5.82 Å². The maximum atomic E-state index is 14.4. The van der Waals surface area contributed by atoms with E-state index >= 15 is 0 Å². The van der Waals surface area contributed by atoms with Gasteiger partial charge in [0.05, 0.1) is 22.8 Å². The maximum Gasteiger partial charge on any atom is 0.256 e. The smallest absolute Gasteiger partial charge is 0.256 e. The molecule has 4 rings (SSSR count). The molecule has 29 heavy (non-hydrogen) atoms. The van der Waals surface area contributed by atoms with Gasteiger partial charge in [0, 0.05) is 22.5 Å². The van der Waals surface area contributed by atoms with Crippen LogP contribution in [0.4, 0.5) is 15.8 Å². The fourth-order valence-electron chi connectivity index (χ4n) is 2.77. The number of fused-ring (bicyclic) bond motifs is 1. The molecule has 0 fully saturated rings. The number of pyridine rings is 1. The number of hydrogen-bond donors (Lipinski definition) is 3. The van der Waals surface area contributed by atoms with Crippen molar-refractivity contribution >= 4 is 45.8 Å². The van der Waals surface area contributed by atoms with Crippen LogP contribution in [0.1, 0.15) is 20.7 Å². The van der Waals surface area contributed by atoms with E-state index in [-0.39, 0.29) is 11.4 Å². The standard InChI is InChI=1S/C20H13ClFN5O2/c21-12-3-1-2-11(8-12)19(28)26-17-5-4-13(9-16(17)22)25-20(29)14-6-7-23-18-15(14)10-24-27-18/h1-10H,(H,25,29)(H,26,28)(H,23,24,27). The van der Waals surface area contributed by atoms with Gasteiger partial charge in [-0.15, -0.1) is 0 Å². The third-order valence-electron chi connectivity index (χ3n) is 4.16. The number of nitrogens with zero attached hydrogens (tertiary/aromatic N) is 2. The van der Waals surface area contributed by atoms with E-state index < -0.39 is 17.6 Å². The minimum Gasteiger partial charge on any atom is -0.322 e. The van der Waals surface area contributed by atoms with Crippen LogP contribution in [0.25, 0.3) is 11.0 Å². The van der Waals surface area contributed by atoms with Gasteiger partial charge in [-0.25, -0.2) is 9.37 Å². The van der Waals surface area contributed by atoms with Crippen molar-refractivity contribution in [1.82, 2.24) is 15.2 Å². The van der Waals surface area contributed by atoms with Crippen molar-refractivity contribution in [2.75, 3.05) is 10.6 Å². The van der Waals surface area contributed by atoms with Crippen molar-refractivity contribution in [1.29, 1.82) is 0 Å². The highest BCUT2D eigenvalue weighted by Crippen LogP contribution is 2.22. The minimum atomic E-state index is -0.693. The summed E-state index contributed by atoms with van der Waals surface area (Å²) >= 11 is 5.87. The molecule has 2 heterocycles. The summed E-state index contributed by atoms with van der Waals surface area (Å²) < 4.78 is 14.4. The molecule has 0 aliphatic rings. The number of aromatic nitrogens is 3. The van der Waals surface area contributed by atoms with Gasteiger partial charge in [-0.3, -0.25) is 14.7 Å². The molecule has 2 aromatic heterocycles. The van der Waals surface area contributed by atoms with E-state index in [0.717, 1.165) is 6.07 Å². The first-order valence-corrected chi connectivity index (χ1v) is 8.85. The Morgan fingerprint density at radius 3 is 2.69 bits per heavy atom. The molecule has 4 aromatic rings. The molecule has 0 radical (unpaired) electrons. The second kappa shape index (κ2) is 7.69. The normalized spacial score (nSPS) is 10.7. The third-order valence-corrected chi connectivity index (χ3v) is 4.40. The average molecular weight is 410 g/mol. The van der Waals surface area contributed by atoms with Crippen LogP contribution in [0.5, 0.6) is 0 Å². The highest BCUT2D eigenvalue weighted by atomic mass is 35.5. The number of rotatable bonds is 4. The van der Waals surface area contributed by atoms with E-state index in [2.05, 4.69) is 25.8 Å². The van der Waals surface area contributed by atoms with E-state index in [1.54, 1.807) is 24.3 Å². The summed E-state index contributed by atoms with van der Waals surface area (Å²) in [7, 11) is 0. The van der Waals surface area contributed by atoms with Crippen LogP contribution in [-0.2, 0) is 0 Å². The van der Waals surface area contributed by atoms with E-state index in [9.17, 15) is 14.0 Å². The van der Waals surface area contributed by atoms with Crippen LogP contribution < -0.4 is 10.6 Å². The Morgan fingerprint density at radius 2 is 1.90 bits per heavy atom. The largest absolute Gasteiger partial charge is 0.322 e. The summed E-state index contributed by atoms with van der Waals surface area (Å²) in [6, 6.07) is 11.8. The van der Waals surface area contributed by atoms with Crippen molar-refractivity contribution in [2.24, 2.45) is 0 Å². The summed E-state index contributed by atoms with van der Waals surface area (Å²) in [4.78, 5) is 28.8. The summed E-state index contributed by atoms with van der Waals surface area (Å²) in [6.45, 7) is 0. The van der Waals surface area contributed by atoms with E-state index in [0.29, 0.717) is 27.2 Å². The van der Waals surface area contributed by atoms with Crippen LogP contribution in [0.2, 0.25) is 5.02 Å². The number of benzene rings is 2. The Hall–Kier alpha value is -3.78. The van der Waals surface area contributed by atoms with Gasteiger partial charge in [-0.1, -0.05) is 17.7 Å². The molecule has 2 amide bonds. The van der Waals surface area contributed by atoms with Gasteiger partial charge in [-0.2, -0.15) is 5.10 Å². The Balaban J connectivity index is 1.50. The van der Waals surface area contributed by atoms with Crippen LogP contribution in [0.15, 0.2) is 60.9 Å². The zero-order valence-electron chi connectivity index (χ0n) is 14.7. The lowest BCUT2D eigenvalue weighted by atomic mass is 10.1. The lowest BCUT2D eigenvalue weighted by Gasteiger charge is -2.10. The first kappa shape index (κ1) is 18.6. The predicted molar refractivity (Wildman–Crippen MR) is 108 cm³/mol. The average Bonchev–Trinajstić information content (AvgIpc) is 3.18. The second-order valence-electron chi connectivity index (χ2n) is 6.10. The summed E-state index contributed by atoms with van der Waals surface area (Å²) in [6.07, 6.45) is 2.97. The SMILES string of the molecule is O=C(Nc1ccc(NC(=O)c2ccnc3[nH]ncc23)cc1F)c1cccc(Cl)c1. The van der Waals surface area contributed by atoms with Crippen LogP contribution in [-0.4, -0.2) is 27.0 Å². The van der Waals surface area contributed by atoms with Crippen molar-refractivity contribution in [3.05, 3.63) is 82.9 Å². The van der Waals surface area contributed by atoms with Crippen molar-refractivity contribution in [3.8, 4) is 0 Å². The Kier molecular flexibility index (Phi) is 4.92. The van der Waals surface area contributed by atoms with Crippen LogP contribution >= 0.6 is 11.6 Å². The lowest BCUT2D eigenvalue weighted by Crippen LogP contribution is -2.14. The molecule has 0 atom stereocenters. The lowest BCUT2D eigenvalue weighted by molar-refractivity contribution is 0.101. The van der Waals surface area contributed by atoms with E-state index in [1.165, 1.54) is 30.6 Å². The Bertz CT molecular complexity index is 1240. The molecule has 144 valence electrons. The summed E-state index contributed by atoms with van der Waals surface area (Å²) in [5, 5.41) is 12.6. The number of anilines is 2. The van der Waals surface area contributed by atoms with Crippen LogP contribution in [0.3, 0.4) is 0 Å². The molecule has 0 bridgehead atoms. The molecule has 0 saturated carbocycles. The second-order valence-corrected chi connectivity index (χ2v) is 6.54. The fourth-order valence-corrected chi connectivity index (χ4v) is 2.96. The number of aromatic amines is 1. The van der Waals surface area contributed by atoms with Gasteiger partial charge in [0.15, 0.2) is 5.65 Å². The molecule has 3 N–H and O–H groups in total. The fraction of sp³-hybridized carbons (Fsp3) is 0. The molecular formula is C20H13ClFN5O2. The Labute approximate surface area is 168 Å². The molecule has 0 spiro atoms. The number of carbonyl (C=O) groups excluding carboxylic acids is 2.